The maximum Gasteiger partial charge on any atom is 0.318 e. The summed E-state index contributed by atoms with van der Waals surface area (Å²) in [6.45, 7) is 13.0. The van der Waals surface area contributed by atoms with Gasteiger partial charge >= 0.3 is 5.97 Å². The molecule has 0 radical (unpaired) electrons. The Labute approximate surface area is 392 Å². The predicted molar refractivity (Wildman–Crippen MR) is 232 cm³/mol. The van der Waals surface area contributed by atoms with Gasteiger partial charge in [-0.3, -0.25) is 4.79 Å². The summed E-state index contributed by atoms with van der Waals surface area (Å²) in [5.41, 5.74) is -0.690. The number of ether oxygens (including phenoxy) is 6. The van der Waals surface area contributed by atoms with Gasteiger partial charge in [-0.2, -0.15) is 0 Å². The number of fused-ring (bicyclic) bond motifs is 6. The second-order valence-electron chi connectivity index (χ2n) is 23.4. The molecule has 8 rings (SSSR count). The Bertz CT molecular complexity index is 1850. The van der Waals surface area contributed by atoms with E-state index >= 15 is 0 Å². The Balaban J connectivity index is 0.990. The fourth-order valence-electron chi connectivity index (χ4n) is 14.9. The molecule has 8 aliphatic rings. The molecule has 19 nitrogen and oxygen atoms in total. The van der Waals surface area contributed by atoms with Crippen LogP contribution in [0.2, 0.25) is 0 Å². The van der Waals surface area contributed by atoms with Gasteiger partial charge < -0.3 is 89.7 Å². The van der Waals surface area contributed by atoms with Crippen molar-refractivity contribution in [2.75, 3.05) is 19.8 Å². The number of esters is 1. The third kappa shape index (κ3) is 8.10. The molecule has 24 atom stereocenters. The molecule has 3 unspecified atom stereocenters. The van der Waals surface area contributed by atoms with Crippen molar-refractivity contribution in [1.29, 1.82) is 0 Å². The predicted octanol–water partition coefficient (Wildman–Crippen LogP) is -0.745. The second-order valence-corrected chi connectivity index (χ2v) is 23.4. The first-order valence-electron chi connectivity index (χ1n) is 24.4. The molecule has 4 saturated carbocycles. The third-order valence-electron chi connectivity index (χ3n) is 19.3. The fourth-order valence-corrected chi connectivity index (χ4v) is 14.9. The molecular weight excluding hydrogens is 881 g/mol. The van der Waals surface area contributed by atoms with Crippen molar-refractivity contribution in [3.05, 3.63) is 11.1 Å². The highest BCUT2D eigenvalue weighted by molar-refractivity contribution is 5.82. The summed E-state index contributed by atoms with van der Waals surface area (Å²) >= 11 is 0. The molecule has 12 N–H and O–H groups in total. The zero-order valence-electron chi connectivity index (χ0n) is 39.9. The molecule has 67 heavy (non-hydrogen) atoms. The van der Waals surface area contributed by atoms with E-state index in [4.69, 9.17) is 28.4 Å². The van der Waals surface area contributed by atoms with Gasteiger partial charge in [-0.25, -0.2) is 0 Å². The van der Waals surface area contributed by atoms with Crippen LogP contribution in [0.1, 0.15) is 113 Å². The van der Waals surface area contributed by atoms with E-state index in [0.29, 0.717) is 32.1 Å². The van der Waals surface area contributed by atoms with Crippen molar-refractivity contribution in [1.82, 2.24) is 0 Å². The van der Waals surface area contributed by atoms with Crippen LogP contribution in [0.25, 0.3) is 0 Å². The van der Waals surface area contributed by atoms with Crippen molar-refractivity contribution in [2.24, 2.45) is 44.3 Å². The molecule has 3 heterocycles. The number of allylic oxidation sites excluding steroid dienone is 1. The molecule has 7 fully saturated rings. The van der Waals surface area contributed by atoms with Crippen molar-refractivity contribution < 1.29 is 94.5 Å². The molecule has 0 spiro atoms. The third-order valence-corrected chi connectivity index (χ3v) is 19.3. The van der Waals surface area contributed by atoms with Crippen LogP contribution in [0.3, 0.4) is 0 Å². The van der Waals surface area contributed by atoms with E-state index in [2.05, 4.69) is 34.6 Å². The first-order chi connectivity index (χ1) is 31.2. The molecule has 3 aliphatic heterocycles. The summed E-state index contributed by atoms with van der Waals surface area (Å²) in [5.74, 6) is -0.440. The summed E-state index contributed by atoms with van der Waals surface area (Å²) in [6.07, 6.45) is -19.8. The maximum absolute atomic E-state index is 15.0. The van der Waals surface area contributed by atoms with Crippen LogP contribution < -0.4 is 0 Å². The van der Waals surface area contributed by atoms with Crippen molar-refractivity contribution in [3.8, 4) is 0 Å². The van der Waals surface area contributed by atoms with E-state index in [1.54, 1.807) is 0 Å². The van der Waals surface area contributed by atoms with Gasteiger partial charge in [-0.1, -0.05) is 52.7 Å². The molecule has 0 amide bonds. The van der Waals surface area contributed by atoms with E-state index in [1.165, 1.54) is 12.5 Å². The van der Waals surface area contributed by atoms with Crippen LogP contribution in [0.4, 0.5) is 0 Å². The Morgan fingerprint density at radius 2 is 1.28 bits per heavy atom. The maximum atomic E-state index is 15.0. The van der Waals surface area contributed by atoms with Crippen LogP contribution >= 0.6 is 0 Å². The van der Waals surface area contributed by atoms with Crippen LogP contribution in [-0.2, 0) is 33.2 Å². The molecule has 3 saturated heterocycles. The van der Waals surface area contributed by atoms with Crippen LogP contribution in [0.5, 0.6) is 0 Å². The van der Waals surface area contributed by atoms with E-state index in [9.17, 15) is 66.1 Å². The largest absolute Gasteiger partial charge is 0.432 e. The van der Waals surface area contributed by atoms with Gasteiger partial charge in [-0.05, 0) is 105 Å². The van der Waals surface area contributed by atoms with E-state index in [0.717, 1.165) is 37.7 Å². The van der Waals surface area contributed by atoms with E-state index in [-0.39, 0.29) is 40.1 Å². The molecule has 19 heteroatoms. The summed E-state index contributed by atoms with van der Waals surface area (Å²) in [6, 6.07) is 0. The number of aliphatic hydroxyl groups excluding tert-OH is 12. The summed E-state index contributed by atoms with van der Waals surface area (Å²) in [7, 11) is 0. The Kier molecular flexibility index (Phi) is 14.1. The van der Waals surface area contributed by atoms with Crippen LogP contribution in [0, 0.1) is 44.3 Å². The Hall–Kier alpha value is -1.47. The SMILES string of the molecule is C[C@@H]1O[C@@H](O[C@H]2[C@H](O)[C@@H](O)[C@H](OC[C@H]3O[C@@H](OC(=O)[C@]45CCC(C)(C)CC4=C4CCC6[C@@]7(C)C[C@@H](O)[C@H](O)C(C)(CO)C7CC[C@@]6(C)[C@]4(C)CC5)[C@H](O)[C@@H](O)[C@@H]3O)O[C@@H]2CO)[C@H](O)[C@H](O)[C@H]1O. The normalized spacial score (nSPS) is 54.3. The Morgan fingerprint density at radius 3 is 1.96 bits per heavy atom. The molecule has 0 aromatic carbocycles. The lowest BCUT2D eigenvalue weighted by molar-refractivity contribution is -0.361. The lowest BCUT2D eigenvalue weighted by Crippen LogP contribution is -2.68. The van der Waals surface area contributed by atoms with Crippen molar-refractivity contribution in [2.45, 2.75) is 217 Å². The van der Waals surface area contributed by atoms with Gasteiger partial charge in [0.15, 0.2) is 12.6 Å². The number of aliphatic hydroxyl groups is 12. The van der Waals surface area contributed by atoms with E-state index in [1.807, 2.05) is 6.92 Å². The number of hydrogen-bond donors (Lipinski definition) is 12. The minimum Gasteiger partial charge on any atom is -0.432 e. The first kappa shape index (κ1) is 51.9. The molecule has 5 aliphatic carbocycles. The Morgan fingerprint density at radius 1 is 0.657 bits per heavy atom. The first-order valence-corrected chi connectivity index (χ1v) is 24.4. The molecule has 0 aromatic heterocycles. The summed E-state index contributed by atoms with van der Waals surface area (Å²) in [4.78, 5) is 15.0. The standard InChI is InChI=1S/C48H78O19/c1-21-29(52)31(54)34(57)40(63-21)66-37-25(18-49)64-39(36(59)33(37)56)62-19-26-30(53)32(55)35(58)41(65-26)67-42(61)48-14-12-43(2,3)16-23(48)22-8-9-28-44(4)17-24(51)38(60)45(5,20-50)27(44)10-11-47(28,7)46(22,6)13-15-48/h21,24-41,49-60H,8-20H2,1-7H3/t21-,24+,25+,26+,27?,28?,29-,30+,31+,32-,33+,34+,35+,36+,37+,38-,39+,40-,41-,44-,45?,46+,47+,48-/m0/s1. The quantitative estimate of drug-likeness (QED) is 0.100. The van der Waals surface area contributed by atoms with Crippen LogP contribution in [0.15, 0.2) is 11.1 Å². The minimum atomic E-state index is -1.86. The molecular formula is C48H78O19. The lowest BCUT2D eigenvalue weighted by atomic mass is 9.33. The molecule has 0 aromatic rings. The average Bonchev–Trinajstić information content (AvgIpc) is 3.28. The van der Waals surface area contributed by atoms with Crippen LogP contribution in [-0.4, -0.2) is 191 Å². The van der Waals surface area contributed by atoms with Crippen molar-refractivity contribution >= 4 is 5.97 Å². The van der Waals surface area contributed by atoms with Crippen molar-refractivity contribution in [3.63, 3.8) is 0 Å². The minimum absolute atomic E-state index is 0.00194. The summed E-state index contributed by atoms with van der Waals surface area (Å²) < 4.78 is 34.7. The lowest BCUT2D eigenvalue weighted by Gasteiger charge is -2.71. The van der Waals surface area contributed by atoms with Gasteiger partial charge in [0.1, 0.15) is 67.1 Å². The molecule has 0 bridgehead atoms. The van der Waals surface area contributed by atoms with Gasteiger partial charge in [0, 0.05) is 5.41 Å². The fraction of sp³-hybridized carbons (Fsp3) is 0.938. The van der Waals surface area contributed by atoms with Gasteiger partial charge in [-0.15, -0.1) is 0 Å². The second kappa shape index (κ2) is 18.2. The van der Waals surface area contributed by atoms with Gasteiger partial charge in [0.25, 0.3) is 0 Å². The smallest absolute Gasteiger partial charge is 0.318 e. The topological polar surface area (TPSA) is 315 Å². The molecule has 384 valence electrons. The highest BCUT2D eigenvalue weighted by Gasteiger charge is 2.70. The average molecular weight is 959 g/mol. The zero-order valence-corrected chi connectivity index (χ0v) is 39.9. The number of carbonyl (C=O) groups excluding carboxylic acids is 1. The monoisotopic (exact) mass is 959 g/mol. The van der Waals surface area contributed by atoms with E-state index < -0.39 is 134 Å². The van der Waals surface area contributed by atoms with Gasteiger partial charge in [0.05, 0.1) is 43.5 Å². The highest BCUT2D eigenvalue weighted by Crippen LogP contribution is 2.75. The number of hydrogen-bond acceptors (Lipinski definition) is 19. The van der Waals surface area contributed by atoms with Gasteiger partial charge in [0.2, 0.25) is 6.29 Å². The number of rotatable bonds is 9. The zero-order chi connectivity index (χ0) is 49.1. The number of carbonyl (C=O) groups is 1. The highest BCUT2D eigenvalue weighted by atomic mass is 16.8. The summed E-state index contributed by atoms with van der Waals surface area (Å²) in [5, 5.41) is 130.